The Morgan fingerprint density at radius 3 is 2.48 bits per heavy atom. The van der Waals surface area contributed by atoms with Crippen LogP contribution in [0.5, 0.6) is 5.75 Å². The van der Waals surface area contributed by atoms with Crippen molar-refractivity contribution in [3.63, 3.8) is 0 Å². The van der Waals surface area contributed by atoms with Gasteiger partial charge in [-0.3, -0.25) is 4.99 Å². The third-order valence-corrected chi connectivity index (χ3v) is 3.54. The van der Waals surface area contributed by atoms with E-state index in [0.29, 0.717) is 20.8 Å². The van der Waals surface area contributed by atoms with E-state index in [9.17, 15) is 0 Å². The summed E-state index contributed by atoms with van der Waals surface area (Å²) >= 11 is 17.9. The lowest BCUT2D eigenvalue weighted by Gasteiger charge is -2.02. The molecule has 0 fully saturated rings. The van der Waals surface area contributed by atoms with Gasteiger partial charge in [-0.25, -0.2) is 0 Å². The van der Waals surface area contributed by atoms with Gasteiger partial charge in [-0.1, -0.05) is 46.9 Å². The van der Waals surface area contributed by atoms with E-state index in [-0.39, 0.29) is 0 Å². The number of halogens is 3. The van der Waals surface area contributed by atoms with Gasteiger partial charge in [0.25, 0.3) is 0 Å². The van der Waals surface area contributed by atoms with Gasteiger partial charge in [0.15, 0.2) is 0 Å². The van der Waals surface area contributed by atoms with Crippen molar-refractivity contribution < 1.29 is 4.74 Å². The van der Waals surface area contributed by atoms with Gasteiger partial charge in [0, 0.05) is 16.3 Å². The van der Waals surface area contributed by atoms with E-state index in [4.69, 9.17) is 39.5 Å². The molecule has 2 nitrogen and oxygen atoms in total. The standard InChI is InChI=1S/C16H12Cl3NO/c1-21-16-7-6-13(10-15(16)19)20-8-2-3-11-4-5-12(17)9-14(11)18/h2-10H,1H3. The summed E-state index contributed by atoms with van der Waals surface area (Å²) in [5.41, 5.74) is 1.62. The molecule has 0 atom stereocenters. The van der Waals surface area contributed by atoms with E-state index in [1.165, 1.54) is 0 Å². The molecule has 0 aliphatic carbocycles. The Hall–Kier alpha value is -1.48. The van der Waals surface area contributed by atoms with Crippen LogP contribution in [0, 0.1) is 0 Å². The minimum absolute atomic E-state index is 0.525. The number of rotatable bonds is 4. The molecule has 2 aromatic rings. The molecule has 0 radical (unpaired) electrons. The molecule has 0 unspecified atom stereocenters. The molecular formula is C16H12Cl3NO. The molecule has 0 aliphatic heterocycles. The molecule has 0 saturated heterocycles. The highest BCUT2D eigenvalue weighted by Crippen LogP contribution is 2.28. The van der Waals surface area contributed by atoms with Crippen LogP contribution in [0.4, 0.5) is 5.69 Å². The number of ether oxygens (including phenoxy) is 1. The highest BCUT2D eigenvalue weighted by molar-refractivity contribution is 6.35. The maximum Gasteiger partial charge on any atom is 0.137 e. The normalized spacial score (nSPS) is 11.4. The monoisotopic (exact) mass is 339 g/mol. The van der Waals surface area contributed by atoms with Crippen molar-refractivity contribution in [3.8, 4) is 5.75 Å². The Balaban J connectivity index is 2.08. The molecule has 5 heteroatoms. The van der Waals surface area contributed by atoms with Crippen molar-refractivity contribution in [2.75, 3.05) is 7.11 Å². The van der Waals surface area contributed by atoms with Crippen molar-refractivity contribution in [2.45, 2.75) is 0 Å². The topological polar surface area (TPSA) is 21.6 Å². The molecule has 0 saturated carbocycles. The predicted molar refractivity (Wildman–Crippen MR) is 91.7 cm³/mol. The molecule has 0 spiro atoms. The number of allylic oxidation sites excluding steroid dienone is 1. The maximum atomic E-state index is 6.07. The van der Waals surface area contributed by atoms with E-state index in [1.54, 1.807) is 43.7 Å². The van der Waals surface area contributed by atoms with Gasteiger partial charge in [-0.05, 0) is 42.0 Å². The highest BCUT2D eigenvalue weighted by Gasteiger charge is 2.00. The first-order valence-corrected chi connectivity index (χ1v) is 7.23. The Kier molecular flexibility index (Phi) is 5.68. The largest absolute Gasteiger partial charge is 0.495 e. The van der Waals surface area contributed by atoms with Crippen LogP contribution in [0.25, 0.3) is 6.08 Å². The van der Waals surface area contributed by atoms with Crippen LogP contribution >= 0.6 is 34.8 Å². The second-order valence-electron chi connectivity index (χ2n) is 4.12. The van der Waals surface area contributed by atoms with Crippen LogP contribution in [0.15, 0.2) is 47.5 Å². The molecule has 2 aromatic carbocycles. The van der Waals surface area contributed by atoms with Gasteiger partial charge in [0.1, 0.15) is 5.75 Å². The lowest BCUT2D eigenvalue weighted by molar-refractivity contribution is 0.415. The Labute approximate surface area is 138 Å². The van der Waals surface area contributed by atoms with Gasteiger partial charge < -0.3 is 4.74 Å². The first-order valence-electron chi connectivity index (χ1n) is 6.09. The second kappa shape index (κ2) is 7.51. The van der Waals surface area contributed by atoms with Crippen LogP contribution in [0.1, 0.15) is 5.56 Å². The minimum atomic E-state index is 0.525. The number of hydrogen-bond donors (Lipinski definition) is 0. The number of benzene rings is 2. The zero-order chi connectivity index (χ0) is 15.2. The summed E-state index contributed by atoms with van der Waals surface area (Å²) in [7, 11) is 1.57. The molecule has 2 rings (SSSR count). The zero-order valence-electron chi connectivity index (χ0n) is 11.2. The van der Waals surface area contributed by atoms with E-state index in [2.05, 4.69) is 4.99 Å². The fourth-order valence-electron chi connectivity index (χ4n) is 1.65. The first-order chi connectivity index (χ1) is 10.1. The number of methoxy groups -OCH3 is 1. The summed E-state index contributed by atoms with van der Waals surface area (Å²) in [6.45, 7) is 0. The maximum absolute atomic E-state index is 6.07. The van der Waals surface area contributed by atoms with Crippen molar-refractivity contribution in [1.82, 2.24) is 0 Å². The third-order valence-electron chi connectivity index (χ3n) is 2.68. The molecule has 21 heavy (non-hydrogen) atoms. The summed E-state index contributed by atoms with van der Waals surface area (Å²) in [5.74, 6) is 0.624. The van der Waals surface area contributed by atoms with Crippen LogP contribution in [-0.2, 0) is 0 Å². The van der Waals surface area contributed by atoms with E-state index < -0.39 is 0 Å². The van der Waals surface area contributed by atoms with E-state index >= 15 is 0 Å². The van der Waals surface area contributed by atoms with Gasteiger partial charge >= 0.3 is 0 Å². The third kappa shape index (κ3) is 4.50. The van der Waals surface area contributed by atoms with Crippen molar-refractivity contribution in [3.05, 3.63) is 63.1 Å². The number of nitrogens with zero attached hydrogens (tertiary/aromatic N) is 1. The Bertz CT molecular complexity index is 696. The van der Waals surface area contributed by atoms with Gasteiger partial charge in [0.2, 0.25) is 0 Å². The van der Waals surface area contributed by atoms with Crippen molar-refractivity contribution >= 4 is 52.8 Å². The summed E-state index contributed by atoms with van der Waals surface area (Å²) in [6, 6.07) is 10.7. The molecule has 0 bridgehead atoms. The van der Waals surface area contributed by atoms with E-state index in [0.717, 1.165) is 11.3 Å². The Morgan fingerprint density at radius 2 is 1.81 bits per heavy atom. The molecular weight excluding hydrogens is 329 g/mol. The van der Waals surface area contributed by atoms with Crippen molar-refractivity contribution in [2.24, 2.45) is 4.99 Å². The fraction of sp³-hybridized carbons (Fsp3) is 0.0625. The highest BCUT2D eigenvalue weighted by atomic mass is 35.5. The molecule has 108 valence electrons. The number of aliphatic imine (C=N–C) groups is 1. The molecule has 0 amide bonds. The van der Waals surface area contributed by atoms with Gasteiger partial charge in [-0.2, -0.15) is 0 Å². The minimum Gasteiger partial charge on any atom is -0.495 e. The second-order valence-corrected chi connectivity index (χ2v) is 5.37. The smallest absolute Gasteiger partial charge is 0.137 e. The molecule has 0 aromatic heterocycles. The lowest BCUT2D eigenvalue weighted by atomic mass is 10.2. The van der Waals surface area contributed by atoms with Crippen LogP contribution in [0.2, 0.25) is 15.1 Å². The quantitative estimate of drug-likeness (QED) is 0.619. The fourth-order valence-corrected chi connectivity index (χ4v) is 2.37. The van der Waals surface area contributed by atoms with E-state index in [1.807, 2.05) is 18.2 Å². The van der Waals surface area contributed by atoms with Crippen LogP contribution in [-0.4, -0.2) is 13.3 Å². The summed E-state index contributed by atoms with van der Waals surface area (Å²) in [6.07, 6.45) is 5.32. The first kappa shape index (κ1) is 15.9. The molecule has 0 heterocycles. The summed E-state index contributed by atoms with van der Waals surface area (Å²) in [4.78, 5) is 4.28. The van der Waals surface area contributed by atoms with Crippen molar-refractivity contribution in [1.29, 1.82) is 0 Å². The summed E-state index contributed by atoms with van der Waals surface area (Å²) < 4.78 is 5.08. The van der Waals surface area contributed by atoms with Crippen LogP contribution < -0.4 is 4.74 Å². The predicted octanol–water partition coefficient (Wildman–Crippen LogP) is 6.07. The summed E-state index contributed by atoms with van der Waals surface area (Å²) in [5, 5.41) is 1.73. The Morgan fingerprint density at radius 1 is 1.00 bits per heavy atom. The van der Waals surface area contributed by atoms with Gasteiger partial charge in [0.05, 0.1) is 17.8 Å². The number of hydrogen-bond acceptors (Lipinski definition) is 2. The average molecular weight is 341 g/mol. The SMILES string of the molecule is COc1ccc(N=CC=Cc2ccc(Cl)cc2Cl)cc1Cl. The zero-order valence-corrected chi connectivity index (χ0v) is 13.5. The van der Waals surface area contributed by atoms with Gasteiger partial charge in [-0.15, -0.1) is 0 Å². The molecule has 0 aliphatic rings. The lowest BCUT2D eigenvalue weighted by Crippen LogP contribution is -1.82. The average Bonchev–Trinajstić information content (AvgIpc) is 2.45. The van der Waals surface area contributed by atoms with Crippen LogP contribution in [0.3, 0.4) is 0 Å². The molecule has 0 N–H and O–H groups in total.